The van der Waals surface area contributed by atoms with Crippen molar-refractivity contribution in [1.82, 2.24) is 5.32 Å². The molecule has 0 bridgehead atoms. The molecule has 1 aromatic carbocycles. The van der Waals surface area contributed by atoms with Gasteiger partial charge >= 0.3 is 0 Å². The number of hydrogen-bond acceptors (Lipinski definition) is 2. The molecule has 1 unspecified atom stereocenters. The summed E-state index contributed by atoms with van der Waals surface area (Å²) in [7, 11) is 0. The summed E-state index contributed by atoms with van der Waals surface area (Å²) in [5.41, 5.74) is 0.0558. The van der Waals surface area contributed by atoms with Crippen molar-refractivity contribution in [2.24, 2.45) is 5.92 Å². The van der Waals surface area contributed by atoms with Crippen LogP contribution >= 0.6 is 12.6 Å². The van der Waals surface area contributed by atoms with Crippen LogP contribution in [0.25, 0.3) is 0 Å². The molecule has 4 heteroatoms. The first-order valence-electron chi connectivity index (χ1n) is 6.28. The number of nitrogens with one attached hydrogen (secondary N) is 1. The summed E-state index contributed by atoms with van der Waals surface area (Å²) < 4.78 is 13.5. The minimum Gasteiger partial charge on any atom is -0.349 e. The van der Waals surface area contributed by atoms with E-state index >= 15 is 0 Å². The van der Waals surface area contributed by atoms with Gasteiger partial charge in [-0.05, 0) is 31.0 Å². The summed E-state index contributed by atoms with van der Waals surface area (Å²) in [6.45, 7) is 6.13. The van der Waals surface area contributed by atoms with Gasteiger partial charge in [-0.15, -0.1) is 12.6 Å². The van der Waals surface area contributed by atoms with Crippen LogP contribution in [0.4, 0.5) is 4.39 Å². The van der Waals surface area contributed by atoms with E-state index in [4.69, 9.17) is 0 Å². The number of rotatable bonds is 5. The maximum Gasteiger partial charge on any atom is 0.254 e. The number of thiol groups is 1. The number of hydrogen-bond donors (Lipinski definition) is 2. The minimum absolute atomic E-state index is 0.0375. The van der Waals surface area contributed by atoms with Crippen LogP contribution in [-0.4, -0.2) is 11.9 Å². The molecule has 0 aromatic heterocycles. The van der Waals surface area contributed by atoms with Crippen molar-refractivity contribution >= 4 is 18.5 Å². The van der Waals surface area contributed by atoms with Gasteiger partial charge in [0, 0.05) is 10.9 Å². The fraction of sp³-hybridized carbons (Fsp3) is 0.500. The second-order valence-electron chi connectivity index (χ2n) is 4.50. The standard InChI is InChI=1S/C14H20FNOS/c1-4-10(5-2)9(3)16-14(17)12-8-11(18)6-7-13(12)15/h6-10,18H,4-5H2,1-3H3,(H,16,17). The molecular formula is C14H20FNOS. The molecule has 1 rings (SSSR count). The normalized spacial score (nSPS) is 12.6. The molecule has 2 nitrogen and oxygen atoms in total. The zero-order valence-electron chi connectivity index (χ0n) is 11.0. The average Bonchev–Trinajstić information content (AvgIpc) is 2.33. The van der Waals surface area contributed by atoms with Crippen LogP contribution in [0.1, 0.15) is 44.0 Å². The Kier molecular flexibility index (Phi) is 5.66. The Morgan fingerprint density at radius 1 is 1.39 bits per heavy atom. The van der Waals surface area contributed by atoms with Crippen LogP contribution in [0.5, 0.6) is 0 Å². The van der Waals surface area contributed by atoms with Gasteiger partial charge in [-0.25, -0.2) is 4.39 Å². The third-order valence-electron chi connectivity index (χ3n) is 3.31. The highest BCUT2D eigenvalue weighted by Crippen LogP contribution is 2.16. The number of benzene rings is 1. The van der Waals surface area contributed by atoms with E-state index in [1.54, 1.807) is 0 Å². The minimum atomic E-state index is -0.512. The van der Waals surface area contributed by atoms with Gasteiger partial charge in [0.25, 0.3) is 5.91 Å². The van der Waals surface area contributed by atoms with Gasteiger partial charge in [-0.3, -0.25) is 4.79 Å². The lowest BCUT2D eigenvalue weighted by Crippen LogP contribution is -2.38. The molecular weight excluding hydrogens is 249 g/mol. The zero-order chi connectivity index (χ0) is 13.7. The SMILES string of the molecule is CCC(CC)C(C)NC(=O)c1cc(S)ccc1F. The second kappa shape index (κ2) is 6.78. The maximum atomic E-state index is 13.5. The van der Waals surface area contributed by atoms with Crippen LogP contribution in [-0.2, 0) is 0 Å². The van der Waals surface area contributed by atoms with Crippen molar-refractivity contribution in [2.75, 3.05) is 0 Å². The van der Waals surface area contributed by atoms with Crippen molar-refractivity contribution < 1.29 is 9.18 Å². The van der Waals surface area contributed by atoms with Crippen molar-refractivity contribution in [2.45, 2.75) is 44.6 Å². The number of halogens is 1. The van der Waals surface area contributed by atoms with Gasteiger partial charge in [0.05, 0.1) is 5.56 Å². The second-order valence-corrected chi connectivity index (χ2v) is 5.02. The molecule has 0 saturated carbocycles. The van der Waals surface area contributed by atoms with Crippen LogP contribution in [0.3, 0.4) is 0 Å². The van der Waals surface area contributed by atoms with Crippen molar-refractivity contribution in [3.8, 4) is 0 Å². The molecule has 1 N–H and O–H groups in total. The van der Waals surface area contributed by atoms with Crippen LogP contribution in [0.15, 0.2) is 23.1 Å². The van der Waals surface area contributed by atoms with Gasteiger partial charge < -0.3 is 5.32 Å². The first-order chi connectivity index (χ1) is 8.49. The first kappa shape index (κ1) is 15.0. The molecule has 0 aliphatic rings. The number of carbonyl (C=O) groups excluding carboxylic acids is 1. The summed E-state index contributed by atoms with van der Waals surface area (Å²) in [6.07, 6.45) is 1.99. The van der Waals surface area contributed by atoms with E-state index in [1.807, 2.05) is 6.92 Å². The Hall–Kier alpha value is -1.03. The fourth-order valence-corrected chi connectivity index (χ4v) is 2.29. The van der Waals surface area contributed by atoms with Crippen molar-refractivity contribution in [3.05, 3.63) is 29.6 Å². The van der Waals surface area contributed by atoms with E-state index in [-0.39, 0.29) is 17.5 Å². The van der Waals surface area contributed by atoms with E-state index in [2.05, 4.69) is 31.8 Å². The number of carbonyl (C=O) groups is 1. The molecule has 100 valence electrons. The summed E-state index contributed by atoms with van der Waals surface area (Å²) in [5, 5.41) is 2.85. The van der Waals surface area contributed by atoms with Gasteiger partial charge in [0.2, 0.25) is 0 Å². The lowest BCUT2D eigenvalue weighted by molar-refractivity contribution is 0.0921. The summed E-state index contributed by atoms with van der Waals surface area (Å²) in [6, 6.07) is 4.28. The quantitative estimate of drug-likeness (QED) is 0.785. The Morgan fingerprint density at radius 2 is 2.00 bits per heavy atom. The molecule has 0 heterocycles. The van der Waals surface area contributed by atoms with Gasteiger partial charge in [-0.1, -0.05) is 26.7 Å². The van der Waals surface area contributed by atoms with Crippen LogP contribution in [0, 0.1) is 11.7 Å². The molecule has 0 fully saturated rings. The van der Waals surface area contributed by atoms with E-state index in [9.17, 15) is 9.18 Å². The Morgan fingerprint density at radius 3 is 2.56 bits per heavy atom. The largest absolute Gasteiger partial charge is 0.349 e. The predicted molar refractivity (Wildman–Crippen MR) is 74.7 cm³/mol. The molecule has 0 aliphatic heterocycles. The smallest absolute Gasteiger partial charge is 0.254 e. The third kappa shape index (κ3) is 3.73. The highest BCUT2D eigenvalue weighted by atomic mass is 32.1. The Labute approximate surface area is 113 Å². The molecule has 18 heavy (non-hydrogen) atoms. The topological polar surface area (TPSA) is 29.1 Å². The molecule has 1 atom stereocenters. The first-order valence-corrected chi connectivity index (χ1v) is 6.73. The molecule has 0 aliphatic carbocycles. The van der Waals surface area contributed by atoms with Crippen LogP contribution < -0.4 is 5.32 Å². The van der Waals surface area contributed by atoms with Gasteiger partial charge in [-0.2, -0.15) is 0 Å². The third-order valence-corrected chi connectivity index (χ3v) is 3.59. The van der Waals surface area contributed by atoms with E-state index in [1.165, 1.54) is 18.2 Å². The van der Waals surface area contributed by atoms with Crippen molar-refractivity contribution in [1.29, 1.82) is 0 Å². The lowest BCUT2D eigenvalue weighted by atomic mass is 9.95. The highest BCUT2D eigenvalue weighted by Gasteiger charge is 2.18. The molecule has 1 aromatic rings. The average molecular weight is 269 g/mol. The predicted octanol–water partition coefficient (Wildman–Crippen LogP) is 3.67. The maximum absolute atomic E-state index is 13.5. The Bertz CT molecular complexity index is 418. The zero-order valence-corrected chi connectivity index (χ0v) is 11.9. The Balaban J connectivity index is 2.79. The van der Waals surface area contributed by atoms with E-state index < -0.39 is 5.82 Å². The molecule has 0 spiro atoms. The highest BCUT2D eigenvalue weighted by molar-refractivity contribution is 7.80. The molecule has 0 radical (unpaired) electrons. The monoisotopic (exact) mass is 269 g/mol. The molecule has 0 saturated heterocycles. The summed E-state index contributed by atoms with van der Waals surface area (Å²) in [5.74, 6) is -0.471. The lowest BCUT2D eigenvalue weighted by Gasteiger charge is -2.22. The summed E-state index contributed by atoms with van der Waals surface area (Å²) >= 11 is 4.12. The fourth-order valence-electron chi connectivity index (χ4n) is 2.09. The summed E-state index contributed by atoms with van der Waals surface area (Å²) in [4.78, 5) is 12.6. The van der Waals surface area contributed by atoms with Gasteiger partial charge in [0.1, 0.15) is 5.82 Å². The van der Waals surface area contributed by atoms with Crippen LogP contribution in [0.2, 0.25) is 0 Å². The van der Waals surface area contributed by atoms with Gasteiger partial charge in [0.15, 0.2) is 0 Å². The molecule has 1 amide bonds. The van der Waals surface area contributed by atoms with Crippen molar-refractivity contribution in [3.63, 3.8) is 0 Å². The number of amides is 1. The van der Waals surface area contributed by atoms with E-state index in [0.717, 1.165) is 12.8 Å². The van der Waals surface area contributed by atoms with E-state index in [0.29, 0.717) is 10.8 Å².